The molecule has 0 spiro atoms. The Morgan fingerprint density at radius 3 is 2.32 bits per heavy atom. The van der Waals surface area contributed by atoms with Crippen LogP contribution in [0, 0.1) is 5.92 Å². The van der Waals surface area contributed by atoms with Crippen LogP contribution in [0.25, 0.3) is 0 Å². The summed E-state index contributed by atoms with van der Waals surface area (Å²) in [6.45, 7) is 10.2. The lowest BCUT2D eigenvalue weighted by Gasteiger charge is -2.35. The lowest BCUT2D eigenvalue weighted by atomic mass is 10.0. The average Bonchev–Trinajstić information content (AvgIpc) is 2.38. The molecule has 0 amide bonds. The maximum atomic E-state index is 6.11. The molecule has 0 aliphatic rings. The molecule has 0 aliphatic carbocycles. The summed E-state index contributed by atoms with van der Waals surface area (Å²) in [7, 11) is 0. The summed E-state index contributed by atoms with van der Waals surface area (Å²) in [6, 6.07) is 6.83. The SMILES string of the molecule is CCC(CC)N(CC(C)C)c1ccc(Cl)cc1CBr. The number of nitrogens with zero attached hydrogens (tertiary/aromatic N) is 1. The van der Waals surface area contributed by atoms with Gasteiger partial charge in [0.1, 0.15) is 0 Å². The van der Waals surface area contributed by atoms with Gasteiger partial charge in [0.15, 0.2) is 0 Å². The summed E-state index contributed by atoms with van der Waals surface area (Å²) in [6.07, 6.45) is 2.35. The number of halogens is 2. The van der Waals surface area contributed by atoms with Crippen LogP contribution in [0.5, 0.6) is 0 Å². The maximum Gasteiger partial charge on any atom is 0.0410 e. The van der Waals surface area contributed by atoms with Crippen LogP contribution in [0.4, 0.5) is 5.69 Å². The van der Waals surface area contributed by atoms with E-state index in [0.717, 1.165) is 16.9 Å². The van der Waals surface area contributed by atoms with Crippen molar-refractivity contribution in [2.75, 3.05) is 11.4 Å². The van der Waals surface area contributed by atoms with Gasteiger partial charge in [-0.15, -0.1) is 0 Å². The molecule has 0 unspecified atom stereocenters. The number of rotatable bonds is 7. The first-order valence-corrected chi connectivity index (χ1v) is 8.64. The van der Waals surface area contributed by atoms with Crippen molar-refractivity contribution < 1.29 is 0 Å². The molecule has 19 heavy (non-hydrogen) atoms. The van der Waals surface area contributed by atoms with Crippen LogP contribution in [0.3, 0.4) is 0 Å². The van der Waals surface area contributed by atoms with E-state index in [0.29, 0.717) is 12.0 Å². The minimum absolute atomic E-state index is 0.598. The highest BCUT2D eigenvalue weighted by atomic mass is 79.9. The third-order valence-electron chi connectivity index (χ3n) is 3.44. The minimum atomic E-state index is 0.598. The zero-order valence-electron chi connectivity index (χ0n) is 12.4. The van der Waals surface area contributed by atoms with Crippen molar-refractivity contribution in [2.45, 2.75) is 51.9 Å². The quantitative estimate of drug-likeness (QED) is 0.557. The molecule has 0 N–H and O–H groups in total. The second kappa shape index (κ2) is 8.16. The van der Waals surface area contributed by atoms with E-state index in [-0.39, 0.29) is 0 Å². The molecule has 1 aromatic carbocycles. The Bertz CT molecular complexity index is 388. The van der Waals surface area contributed by atoms with Crippen molar-refractivity contribution in [1.82, 2.24) is 0 Å². The molecule has 3 heteroatoms. The van der Waals surface area contributed by atoms with Gasteiger partial charge in [-0.3, -0.25) is 0 Å². The summed E-state index contributed by atoms with van der Waals surface area (Å²) >= 11 is 9.70. The van der Waals surface area contributed by atoms with Gasteiger partial charge in [-0.2, -0.15) is 0 Å². The molecule has 0 heterocycles. The van der Waals surface area contributed by atoms with Gasteiger partial charge >= 0.3 is 0 Å². The van der Waals surface area contributed by atoms with Crippen molar-refractivity contribution in [3.8, 4) is 0 Å². The molecule has 1 rings (SSSR count). The molecule has 0 fully saturated rings. The highest BCUT2D eigenvalue weighted by Gasteiger charge is 2.19. The number of benzene rings is 1. The Labute approximate surface area is 131 Å². The Balaban J connectivity index is 3.15. The van der Waals surface area contributed by atoms with Crippen molar-refractivity contribution in [2.24, 2.45) is 5.92 Å². The molecule has 0 saturated heterocycles. The summed E-state index contributed by atoms with van der Waals surface area (Å²) in [5.74, 6) is 0.652. The van der Waals surface area contributed by atoms with Gasteiger partial charge in [0.2, 0.25) is 0 Å². The van der Waals surface area contributed by atoms with E-state index in [2.05, 4.69) is 60.7 Å². The van der Waals surface area contributed by atoms with Crippen LogP contribution >= 0.6 is 27.5 Å². The molecule has 108 valence electrons. The molecule has 1 aromatic rings. The van der Waals surface area contributed by atoms with Crippen molar-refractivity contribution >= 4 is 33.2 Å². The molecule has 0 saturated carbocycles. The van der Waals surface area contributed by atoms with E-state index in [1.54, 1.807) is 0 Å². The van der Waals surface area contributed by atoms with Crippen LogP contribution < -0.4 is 4.90 Å². The second-order valence-electron chi connectivity index (χ2n) is 5.42. The second-order valence-corrected chi connectivity index (χ2v) is 6.42. The zero-order valence-corrected chi connectivity index (χ0v) is 14.8. The predicted molar refractivity (Wildman–Crippen MR) is 90.6 cm³/mol. The van der Waals surface area contributed by atoms with E-state index in [1.165, 1.54) is 24.1 Å². The molecule has 0 aromatic heterocycles. The topological polar surface area (TPSA) is 3.24 Å². The molecule has 1 nitrogen and oxygen atoms in total. The highest BCUT2D eigenvalue weighted by molar-refractivity contribution is 9.08. The fourth-order valence-corrected chi connectivity index (χ4v) is 3.15. The van der Waals surface area contributed by atoms with Gasteiger partial charge in [0.05, 0.1) is 0 Å². The molecular formula is C16H25BrClN. The minimum Gasteiger partial charge on any atom is -0.368 e. The van der Waals surface area contributed by atoms with E-state index < -0.39 is 0 Å². The Morgan fingerprint density at radius 1 is 1.21 bits per heavy atom. The molecule has 0 atom stereocenters. The third kappa shape index (κ3) is 4.68. The number of alkyl halides is 1. The van der Waals surface area contributed by atoms with E-state index >= 15 is 0 Å². The summed E-state index contributed by atoms with van der Waals surface area (Å²) in [4.78, 5) is 2.55. The summed E-state index contributed by atoms with van der Waals surface area (Å²) < 4.78 is 0. The van der Waals surface area contributed by atoms with Crippen LogP contribution in [-0.4, -0.2) is 12.6 Å². The third-order valence-corrected chi connectivity index (χ3v) is 4.28. The summed E-state index contributed by atoms with van der Waals surface area (Å²) in [5, 5.41) is 1.66. The van der Waals surface area contributed by atoms with Crippen molar-refractivity contribution in [3.63, 3.8) is 0 Å². The lowest BCUT2D eigenvalue weighted by molar-refractivity contribution is 0.507. The lowest BCUT2D eigenvalue weighted by Crippen LogP contribution is -2.38. The van der Waals surface area contributed by atoms with E-state index in [1.807, 2.05) is 6.07 Å². The first-order valence-electron chi connectivity index (χ1n) is 7.14. The smallest absolute Gasteiger partial charge is 0.0410 e. The molecule has 0 aliphatic heterocycles. The van der Waals surface area contributed by atoms with Gasteiger partial charge in [0.25, 0.3) is 0 Å². The first-order chi connectivity index (χ1) is 9.03. The number of hydrogen-bond donors (Lipinski definition) is 0. The monoisotopic (exact) mass is 345 g/mol. The van der Waals surface area contributed by atoms with Crippen molar-refractivity contribution in [3.05, 3.63) is 28.8 Å². The first kappa shape index (κ1) is 16.8. The number of hydrogen-bond acceptors (Lipinski definition) is 1. The average molecular weight is 347 g/mol. The molecule has 0 radical (unpaired) electrons. The van der Waals surface area contributed by atoms with Gasteiger partial charge in [-0.25, -0.2) is 0 Å². The molecule has 0 bridgehead atoms. The van der Waals surface area contributed by atoms with Crippen LogP contribution in [-0.2, 0) is 5.33 Å². The van der Waals surface area contributed by atoms with Gasteiger partial charge < -0.3 is 4.90 Å². The fourth-order valence-electron chi connectivity index (χ4n) is 2.51. The van der Waals surface area contributed by atoms with Crippen LogP contribution in [0.2, 0.25) is 5.02 Å². The standard InChI is InChI=1S/C16H25BrClN/c1-5-15(6-2)19(11-12(3)4)16-8-7-14(18)9-13(16)10-17/h7-9,12,15H,5-6,10-11H2,1-4H3. The number of anilines is 1. The van der Waals surface area contributed by atoms with Crippen LogP contribution in [0.15, 0.2) is 18.2 Å². The highest BCUT2D eigenvalue weighted by Crippen LogP contribution is 2.30. The Kier molecular flexibility index (Phi) is 7.23. The fraction of sp³-hybridized carbons (Fsp3) is 0.625. The van der Waals surface area contributed by atoms with E-state index in [4.69, 9.17) is 11.6 Å². The van der Waals surface area contributed by atoms with Gasteiger partial charge in [-0.05, 0) is 42.5 Å². The van der Waals surface area contributed by atoms with Gasteiger partial charge in [-0.1, -0.05) is 55.2 Å². The Hall–Kier alpha value is -0.210. The maximum absolute atomic E-state index is 6.11. The van der Waals surface area contributed by atoms with E-state index in [9.17, 15) is 0 Å². The zero-order chi connectivity index (χ0) is 14.4. The van der Waals surface area contributed by atoms with Crippen LogP contribution in [0.1, 0.15) is 46.1 Å². The molecular weight excluding hydrogens is 322 g/mol. The summed E-state index contributed by atoms with van der Waals surface area (Å²) in [5.41, 5.74) is 2.60. The predicted octanol–water partition coefficient (Wildman–Crippen LogP) is 5.89. The van der Waals surface area contributed by atoms with Crippen molar-refractivity contribution in [1.29, 1.82) is 0 Å². The largest absolute Gasteiger partial charge is 0.368 e. The Morgan fingerprint density at radius 2 is 1.84 bits per heavy atom. The van der Waals surface area contributed by atoms with Gasteiger partial charge in [0, 0.05) is 28.6 Å². The normalized spacial score (nSPS) is 11.4.